The van der Waals surface area contributed by atoms with E-state index in [1.807, 2.05) is 43.3 Å². The predicted octanol–water partition coefficient (Wildman–Crippen LogP) is 6.42. The number of anilines is 1. The quantitative estimate of drug-likeness (QED) is 0.250. The second kappa shape index (κ2) is 10.6. The Morgan fingerprint density at radius 1 is 0.946 bits per heavy atom. The van der Waals surface area contributed by atoms with Crippen LogP contribution in [0.2, 0.25) is 0 Å². The number of amides is 1. The van der Waals surface area contributed by atoms with E-state index in [9.17, 15) is 18.0 Å². The Morgan fingerprint density at radius 3 is 2.35 bits per heavy atom. The summed E-state index contributed by atoms with van der Waals surface area (Å²) < 4.78 is 40.0. The van der Waals surface area contributed by atoms with E-state index in [1.54, 1.807) is 39.0 Å². The van der Waals surface area contributed by atoms with Crippen molar-refractivity contribution in [2.75, 3.05) is 10.9 Å². The molecule has 3 aromatic carbocycles. The molecule has 0 saturated heterocycles. The van der Waals surface area contributed by atoms with E-state index < -0.39 is 21.9 Å². The van der Waals surface area contributed by atoms with Crippen molar-refractivity contribution in [2.45, 2.75) is 45.4 Å². The van der Waals surface area contributed by atoms with E-state index in [4.69, 9.17) is 9.15 Å². The van der Waals surface area contributed by atoms with Crippen LogP contribution in [0.1, 0.15) is 48.2 Å². The van der Waals surface area contributed by atoms with E-state index in [0.29, 0.717) is 34.3 Å². The van der Waals surface area contributed by atoms with Crippen LogP contribution in [0.15, 0.2) is 76.0 Å². The summed E-state index contributed by atoms with van der Waals surface area (Å²) in [5.74, 6) is -0.844. The second-order valence-electron chi connectivity index (χ2n) is 8.76. The smallest absolute Gasteiger partial charge is 0.342 e. The van der Waals surface area contributed by atoms with Gasteiger partial charge in [-0.1, -0.05) is 49.4 Å². The van der Waals surface area contributed by atoms with Crippen molar-refractivity contribution in [3.05, 3.63) is 83.4 Å². The van der Waals surface area contributed by atoms with E-state index in [-0.39, 0.29) is 29.2 Å². The maximum atomic E-state index is 13.9. The average molecular weight is 520 g/mol. The Hall–Kier alpha value is -3.91. The summed E-state index contributed by atoms with van der Waals surface area (Å²) in [5, 5.41) is 0.361. The van der Waals surface area contributed by atoms with Gasteiger partial charge in [0, 0.05) is 17.4 Å². The first-order valence-corrected chi connectivity index (χ1v) is 13.6. The second-order valence-corrected chi connectivity index (χ2v) is 10.5. The van der Waals surface area contributed by atoms with E-state index in [0.717, 1.165) is 9.87 Å². The monoisotopic (exact) mass is 519 g/mol. The number of fused-ring (bicyclic) bond motifs is 1. The molecule has 0 bridgehead atoms. The number of esters is 1. The largest absolute Gasteiger partial charge is 0.462 e. The molecule has 0 aliphatic rings. The van der Waals surface area contributed by atoms with Crippen LogP contribution in [-0.2, 0) is 19.6 Å². The fourth-order valence-electron chi connectivity index (χ4n) is 4.23. The van der Waals surface area contributed by atoms with Crippen LogP contribution < -0.4 is 4.31 Å². The van der Waals surface area contributed by atoms with Crippen molar-refractivity contribution in [3.63, 3.8) is 0 Å². The highest BCUT2D eigenvalue weighted by atomic mass is 32.2. The topological polar surface area (TPSA) is 93.9 Å². The highest BCUT2D eigenvalue weighted by molar-refractivity contribution is 7.93. The molecule has 37 heavy (non-hydrogen) atoms. The zero-order valence-corrected chi connectivity index (χ0v) is 22.1. The molecule has 0 radical (unpaired) electrons. The molecule has 8 heteroatoms. The van der Waals surface area contributed by atoms with Crippen LogP contribution in [-0.4, -0.2) is 26.9 Å². The lowest BCUT2D eigenvalue weighted by Crippen LogP contribution is -2.37. The Kier molecular flexibility index (Phi) is 7.50. The highest BCUT2D eigenvalue weighted by Gasteiger charge is 2.33. The molecule has 0 atom stereocenters. The van der Waals surface area contributed by atoms with Gasteiger partial charge in [0.1, 0.15) is 16.9 Å². The Morgan fingerprint density at radius 2 is 1.68 bits per heavy atom. The molecular formula is C29H29NO6S. The van der Waals surface area contributed by atoms with Gasteiger partial charge in [-0.2, -0.15) is 0 Å². The molecule has 0 saturated carbocycles. The number of carbonyl (C=O) groups is 2. The molecule has 4 aromatic rings. The van der Waals surface area contributed by atoms with Crippen LogP contribution in [0.25, 0.3) is 22.3 Å². The zero-order chi connectivity index (χ0) is 26.7. The van der Waals surface area contributed by atoms with Crippen molar-refractivity contribution in [3.8, 4) is 11.3 Å². The number of benzene rings is 3. The minimum atomic E-state index is -4.25. The van der Waals surface area contributed by atoms with Crippen molar-refractivity contribution >= 4 is 38.6 Å². The molecule has 0 aliphatic heterocycles. The number of hydrogen-bond donors (Lipinski definition) is 0. The minimum absolute atomic E-state index is 0.0352. The van der Waals surface area contributed by atoms with Crippen molar-refractivity contribution in [1.29, 1.82) is 0 Å². The first kappa shape index (κ1) is 26.2. The summed E-state index contributed by atoms with van der Waals surface area (Å²) in [6.07, 6.45) is 0.505. The van der Waals surface area contributed by atoms with Gasteiger partial charge in [0.15, 0.2) is 0 Å². The van der Waals surface area contributed by atoms with Gasteiger partial charge < -0.3 is 9.15 Å². The summed E-state index contributed by atoms with van der Waals surface area (Å²) in [5.41, 5.74) is 2.63. The highest BCUT2D eigenvalue weighted by Crippen LogP contribution is 2.37. The van der Waals surface area contributed by atoms with E-state index in [2.05, 4.69) is 0 Å². The van der Waals surface area contributed by atoms with Gasteiger partial charge in [-0.05, 0) is 62.6 Å². The molecule has 0 N–H and O–H groups in total. The summed E-state index contributed by atoms with van der Waals surface area (Å²) >= 11 is 0. The molecule has 7 nitrogen and oxygen atoms in total. The van der Waals surface area contributed by atoms with E-state index in [1.165, 1.54) is 12.1 Å². The molecular weight excluding hydrogens is 490 g/mol. The van der Waals surface area contributed by atoms with Gasteiger partial charge in [-0.25, -0.2) is 17.5 Å². The molecule has 192 valence electrons. The Bertz CT molecular complexity index is 1570. The van der Waals surface area contributed by atoms with Crippen LogP contribution in [0.4, 0.5) is 5.69 Å². The van der Waals surface area contributed by atoms with Crippen molar-refractivity contribution in [2.24, 2.45) is 0 Å². The maximum absolute atomic E-state index is 13.9. The van der Waals surface area contributed by atoms with Gasteiger partial charge in [0.05, 0.1) is 17.2 Å². The Balaban J connectivity index is 1.97. The number of hydrogen-bond acceptors (Lipinski definition) is 6. The van der Waals surface area contributed by atoms with Crippen molar-refractivity contribution in [1.82, 2.24) is 0 Å². The fourth-order valence-corrected chi connectivity index (χ4v) is 5.98. The average Bonchev–Trinajstić information content (AvgIpc) is 3.25. The number of carbonyl (C=O) groups excluding carboxylic acids is 2. The summed E-state index contributed by atoms with van der Waals surface area (Å²) in [6.45, 7) is 7.16. The van der Waals surface area contributed by atoms with Gasteiger partial charge >= 0.3 is 5.97 Å². The predicted molar refractivity (Wildman–Crippen MR) is 143 cm³/mol. The molecule has 4 rings (SSSR count). The third-order valence-corrected chi connectivity index (χ3v) is 7.86. The number of sulfonamides is 1. The molecule has 0 aliphatic carbocycles. The standard InChI is InChI=1S/C29H29NO6S/c1-5-10-26(31)30(37(33,34)25-17-19(3)13-14-20(25)4)22-15-16-24-23(18-22)27(29(32)35-6-2)28(36-24)21-11-8-7-9-12-21/h7-9,11-18H,5-6,10H2,1-4H3. The Labute approximate surface area is 216 Å². The first-order chi connectivity index (χ1) is 17.7. The SMILES string of the molecule is CCCC(=O)N(c1ccc2oc(-c3ccccc3)c(C(=O)OCC)c2c1)S(=O)(=O)c1cc(C)ccc1C. The third kappa shape index (κ3) is 5.02. The summed E-state index contributed by atoms with van der Waals surface area (Å²) in [6, 6.07) is 18.8. The zero-order valence-electron chi connectivity index (χ0n) is 21.3. The number of rotatable bonds is 8. The minimum Gasteiger partial charge on any atom is -0.462 e. The van der Waals surface area contributed by atoms with Crippen molar-refractivity contribution < 1.29 is 27.2 Å². The molecule has 1 heterocycles. The number of nitrogens with zero attached hydrogens (tertiary/aromatic N) is 1. The summed E-state index contributed by atoms with van der Waals surface area (Å²) in [7, 11) is -4.25. The summed E-state index contributed by atoms with van der Waals surface area (Å²) in [4.78, 5) is 26.4. The van der Waals surface area contributed by atoms with Gasteiger partial charge in [0.2, 0.25) is 5.91 Å². The number of aryl methyl sites for hydroxylation is 2. The van der Waals surface area contributed by atoms with Gasteiger partial charge in [-0.15, -0.1) is 0 Å². The fraction of sp³-hybridized carbons (Fsp3) is 0.241. The lowest BCUT2D eigenvalue weighted by molar-refractivity contribution is -0.117. The van der Waals surface area contributed by atoms with Crippen LogP contribution in [0, 0.1) is 13.8 Å². The number of ether oxygens (including phenoxy) is 1. The molecule has 1 amide bonds. The molecule has 1 aromatic heterocycles. The normalized spacial score (nSPS) is 11.5. The molecule has 0 unspecified atom stereocenters. The van der Waals surface area contributed by atoms with Gasteiger partial charge in [0.25, 0.3) is 10.0 Å². The van der Waals surface area contributed by atoms with Crippen LogP contribution in [0.5, 0.6) is 0 Å². The maximum Gasteiger partial charge on any atom is 0.342 e. The third-order valence-electron chi connectivity index (χ3n) is 5.97. The molecule has 0 fully saturated rings. The van der Waals surface area contributed by atoms with Crippen LogP contribution >= 0.6 is 0 Å². The first-order valence-electron chi connectivity index (χ1n) is 12.1. The lowest BCUT2D eigenvalue weighted by Gasteiger charge is -2.24. The van der Waals surface area contributed by atoms with Gasteiger partial charge in [-0.3, -0.25) is 4.79 Å². The van der Waals surface area contributed by atoms with E-state index >= 15 is 0 Å². The number of furan rings is 1. The lowest BCUT2D eigenvalue weighted by atomic mass is 10.1. The molecule has 0 spiro atoms. The van der Waals surface area contributed by atoms with Crippen LogP contribution in [0.3, 0.4) is 0 Å².